The fourth-order valence-corrected chi connectivity index (χ4v) is 2.16. The molecule has 1 aromatic carbocycles. The molecular weight excluding hydrogens is 290 g/mol. The number of hydrogen-bond acceptors (Lipinski definition) is 4. The lowest BCUT2D eigenvalue weighted by molar-refractivity contribution is -0.0115. The van der Waals surface area contributed by atoms with Crippen LogP contribution in [0.15, 0.2) is 18.2 Å². The van der Waals surface area contributed by atoms with Crippen LogP contribution in [0.2, 0.25) is 5.02 Å². The minimum Gasteiger partial charge on any atom is -0.489 e. The molecule has 5 heteroatoms. The van der Waals surface area contributed by atoms with Crippen LogP contribution in [0.25, 0.3) is 0 Å². The molecule has 2 N–H and O–H groups in total. The Morgan fingerprint density at radius 2 is 2.00 bits per heavy atom. The van der Waals surface area contributed by atoms with E-state index in [1.807, 2.05) is 26.0 Å². The second-order valence-corrected chi connectivity index (χ2v) is 5.52. The van der Waals surface area contributed by atoms with Gasteiger partial charge < -0.3 is 19.9 Å². The summed E-state index contributed by atoms with van der Waals surface area (Å²) < 4.78 is 10.8. The van der Waals surface area contributed by atoms with Gasteiger partial charge in [-0.1, -0.05) is 37.6 Å². The monoisotopic (exact) mass is 315 g/mol. The first kappa shape index (κ1) is 18.2. The van der Waals surface area contributed by atoms with Crippen LogP contribution >= 0.6 is 11.6 Å². The van der Waals surface area contributed by atoms with E-state index >= 15 is 0 Å². The molecule has 1 rings (SSSR count). The fraction of sp³-hybridized carbons (Fsp3) is 0.625. The highest BCUT2D eigenvalue weighted by molar-refractivity contribution is 6.32. The van der Waals surface area contributed by atoms with Gasteiger partial charge in [0.25, 0.3) is 0 Å². The van der Waals surface area contributed by atoms with Crippen LogP contribution in [0, 0.1) is 0 Å². The van der Waals surface area contributed by atoms with Crippen molar-refractivity contribution in [1.82, 2.24) is 5.32 Å². The maximum absolute atomic E-state index is 10.3. The van der Waals surface area contributed by atoms with Gasteiger partial charge >= 0.3 is 0 Å². The molecule has 0 aliphatic rings. The van der Waals surface area contributed by atoms with Crippen molar-refractivity contribution >= 4 is 11.6 Å². The largest absolute Gasteiger partial charge is 0.489 e. The highest BCUT2D eigenvalue weighted by Crippen LogP contribution is 2.30. The maximum Gasteiger partial charge on any atom is 0.142 e. The number of nitrogens with one attached hydrogen (secondary N) is 1. The van der Waals surface area contributed by atoms with E-state index in [1.54, 1.807) is 13.2 Å². The van der Waals surface area contributed by atoms with E-state index in [-0.39, 0.29) is 6.61 Å². The minimum atomic E-state index is -0.806. The Morgan fingerprint density at radius 3 is 2.62 bits per heavy atom. The molecule has 4 nitrogen and oxygen atoms in total. The number of halogens is 1. The van der Waals surface area contributed by atoms with Crippen molar-refractivity contribution in [2.24, 2.45) is 0 Å². The normalized spacial score (nSPS) is 11.7. The standard InChI is InChI=1S/C16H26ClNO3/c1-4-16(19,5-2)12-21-15-13(7-6-8-14(15)17)11-18-9-10-20-3/h6-8,18-19H,4-5,9-12H2,1-3H3. The van der Waals surface area contributed by atoms with Crippen LogP contribution in [0.3, 0.4) is 0 Å². The number of ether oxygens (including phenoxy) is 2. The summed E-state index contributed by atoms with van der Waals surface area (Å²) in [5, 5.41) is 14.2. The number of methoxy groups -OCH3 is 1. The van der Waals surface area contributed by atoms with Gasteiger partial charge in [-0.3, -0.25) is 0 Å². The third kappa shape index (κ3) is 5.83. The molecule has 0 unspecified atom stereocenters. The lowest BCUT2D eigenvalue weighted by Crippen LogP contribution is -2.34. The van der Waals surface area contributed by atoms with Crippen LogP contribution in [0.5, 0.6) is 5.75 Å². The van der Waals surface area contributed by atoms with Crippen molar-refractivity contribution in [1.29, 1.82) is 0 Å². The SMILES string of the molecule is CCC(O)(CC)COc1c(Cl)cccc1CNCCOC. The summed E-state index contributed by atoms with van der Waals surface area (Å²) in [6, 6.07) is 5.67. The first-order valence-electron chi connectivity index (χ1n) is 7.38. The van der Waals surface area contributed by atoms with E-state index in [1.165, 1.54) is 0 Å². The van der Waals surface area contributed by atoms with Crippen molar-refractivity contribution < 1.29 is 14.6 Å². The molecule has 0 heterocycles. The summed E-state index contributed by atoms with van der Waals surface area (Å²) in [7, 11) is 1.67. The van der Waals surface area contributed by atoms with Crippen LogP contribution < -0.4 is 10.1 Å². The van der Waals surface area contributed by atoms with Gasteiger partial charge in [0.15, 0.2) is 0 Å². The minimum absolute atomic E-state index is 0.245. The van der Waals surface area contributed by atoms with Crippen LogP contribution in [0.1, 0.15) is 32.3 Å². The third-order valence-electron chi connectivity index (χ3n) is 3.65. The molecule has 120 valence electrons. The van der Waals surface area contributed by atoms with Crippen molar-refractivity contribution in [3.05, 3.63) is 28.8 Å². The Labute approximate surface area is 132 Å². The predicted octanol–water partition coefficient (Wildman–Crippen LogP) is 3.01. The fourth-order valence-electron chi connectivity index (χ4n) is 1.91. The Hall–Kier alpha value is -0.810. The van der Waals surface area contributed by atoms with Gasteiger partial charge in [-0.15, -0.1) is 0 Å². The van der Waals surface area contributed by atoms with Crippen LogP contribution in [-0.4, -0.2) is 37.6 Å². The number of rotatable bonds is 10. The van der Waals surface area contributed by atoms with Crippen molar-refractivity contribution in [3.63, 3.8) is 0 Å². The van der Waals surface area contributed by atoms with Crippen molar-refractivity contribution in [2.75, 3.05) is 26.9 Å². The molecule has 0 fully saturated rings. The van der Waals surface area contributed by atoms with E-state index in [9.17, 15) is 5.11 Å². The average Bonchev–Trinajstić information content (AvgIpc) is 2.50. The lowest BCUT2D eigenvalue weighted by Gasteiger charge is -2.26. The lowest BCUT2D eigenvalue weighted by atomic mass is 9.99. The second-order valence-electron chi connectivity index (χ2n) is 5.12. The summed E-state index contributed by atoms with van der Waals surface area (Å²) in [4.78, 5) is 0. The highest BCUT2D eigenvalue weighted by Gasteiger charge is 2.24. The highest BCUT2D eigenvalue weighted by atomic mass is 35.5. The first-order valence-corrected chi connectivity index (χ1v) is 7.76. The summed E-state index contributed by atoms with van der Waals surface area (Å²) in [6.07, 6.45) is 1.30. The molecule has 1 aromatic rings. The van der Waals surface area contributed by atoms with Gasteiger partial charge in [0.2, 0.25) is 0 Å². The zero-order chi connectivity index (χ0) is 15.7. The Kier molecular flexibility index (Phi) is 8.04. The molecule has 0 spiro atoms. The van der Waals surface area contributed by atoms with Gasteiger partial charge in [-0.25, -0.2) is 0 Å². The van der Waals surface area contributed by atoms with Crippen molar-refractivity contribution in [2.45, 2.75) is 38.8 Å². The zero-order valence-corrected chi connectivity index (χ0v) is 13.9. The smallest absolute Gasteiger partial charge is 0.142 e. The van der Waals surface area contributed by atoms with Gasteiger partial charge in [-0.05, 0) is 18.9 Å². The van der Waals surface area contributed by atoms with Crippen LogP contribution in [0.4, 0.5) is 0 Å². The van der Waals surface area contributed by atoms with Gasteiger partial charge in [0.05, 0.1) is 17.2 Å². The topological polar surface area (TPSA) is 50.7 Å². The molecular formula is C16H26ClNO3. The Morgan fingerprint density at radius 1 is 1.29 bits per heavy atom. The number of benzene rings is 1. The molecule has 21 heavy (non-hydrogen) atoms. The predicted molar refractivity (Wildman–Crippen MR) is 86.1 cm³/mol. The van der Waals surface area contributed by atoms with E-state index in [0.717, 1.165) is 12.1 Å². The van der Waals surface area contributed by atoms with E-state index in [0.29, 0.717) is 36.8 Å². The molecule has 0 atom stereocenters. The van der Waals surface area contributed by atoms with E-state index in [4.69, 9.17) is 21.1 Å². The van der Waals surface area contributed by atoms with Crippen molar-refractivity contribution in [3.8, 4) is 5.75 Å². The van der Waals surface area contributed by atoms with Gasteiger partial charge in [0.1, 0.15) is 12.4 Å². The summed E-state index contributed by atoms with van der Waals surface area (Å²) in [5.74, 6) is 0.643. The molecule has 0 bridgehead atoms. The quantitative estimate of drug-likeness (QED) is 0.652. The van der Waals surface area contributed by atoms with E-state index < -0.39 is 5.60 Å². The Bertz CT molecular complexity index is 422. The maximum atomic E-state index is 10.3. The number of hydrogen-bond donors (Lipinski definition) is 2. The Balaban J connectivity index is 2.71. The molecule has 0 saturated carbocycles. The third-order valence-corrected chi connectivity index (χ3v) is 3.95. The summed E-state index contributed by atoms with van der Waals surface area (Å²) in [6.45, 7) is 6.21. The molecule has 0 aliphatic heterocycles. The van der Waals surface area contributed by atoms with Crippen LogP contribution in [-0.2, 0) is 11.3 Å². The molecule has 0 radical (unpaired) electrons. The molecule has 0 aliphatic carbocycles. The summed E-state index contributed by atoms with van der Waals surface area (Å²) in [5.41, 5.74) is 0.174. The number of para-hydroxylation sites is 1. The van der Waals surface area contributed by atoms with Gasteiger partial charge in [0, 0.05) is 25.8 Å². The number of aliphatic hydroxyl groups is 1. The first-order chi connectivity index (χ1) is 10.1. The molecule has 0 amide bonds. The molecule has 0 saturated heterocycles. The second kappa shape index (κ2) is 9.26. The van der Waals surface area contributed by atoms with Gasteiger partial charge in [-0.2, -0.15) is 0 Å². The average molecular weight is 316 g/mol. The zero-order valence-electron chi connectivity index (χ0n) is 13.1. The summed E-state index contributed by atoms with van der Waals surface area (Å²) >= 11 is 6.23. The van der Waals surface area contributed by atoms with E-state index in [2.05, 4.69) is 5.32 Å². The molecule has 0 aromatic heterocycles.